The van der Waals surface area contributed by atoms with Crippen molar-refractivity contribution in [3.05, 3.63) is 59.7 Å². The molecule has 0 radical (unpaired) electrons. The second-order valence-corrected chi connectivity index (χ2v) is 6.82. The van der Waals surface area contributed by atoms with Crippen LogP contribution >= 0.6 is 0 Å². The van der Waals surface area contributed by atoms with Gasteiger partial charge in [-0.3, -0.25) is 0 Å². The average Bonchev–Trinajstić information content (AvgIpc) is 3.16. The van der Waals surface area contributed by atoms with Gasteiger partial charge in [-0.15, -0.1) is 13.2 Å². The van der Waals surface area contributed by atoms with E-state index in [0.717, 1.165) is 37.8 Å². The highest BCUT2D eigenvalue weighted by Crippen LogP contribution is 2.28. The molecule has 1 N–H and O–H groups in total. The van der Waals surface area contributed by atoms with Crippen LogP contribution in [0.3, 0.4) is 0 Å². The molecule has 1 fully saturated rings. The molecule has 0 heterocycles. The lowest BCUT2D eigenvalue weighted by Crippen LogP contribution is -2.41. The minimum absolute atomic E-state index is 0.0508. The van der Waals surface area contributed by atoms with E-state index in [-0.39, 0.29) is 24.0 Å². The second kappa shape index (κ2) is 8.67. The first kappa shape index (κ1) is 20.9. The van der Waals surface area contributed by atoms with Crippen LogP contribution < -0.4 is 10.1 Å². The highest BCUT2D eigenvalue weighted by molar-refractivity contribution is 5.89. The van der Waals surface area contributed by atoms with Gasteiger partial charge >= 0.3 is 12.4 Å². The van der Waals surface area contributed by atoms with E-state index in [1.807, 2.05) is 0 Å². The number of ether oxygens (including phenoxy) is 1. The molecule has 0 spiro atoms. The van der Waals surface area contributed by atoms with E-state index in [9.17, 15) is 26.7 Å². The van der Waals surface area contributed by atoms with Crippen molar-refractivity contribution in [2.45, 2.75) is 44.6 Å². The lowest BCUT2D eigenvalue weighted by atomic mass is 10.1. The Morgan fingerprint density at radius 2 is 1.79 bits per heavy atom. The van der Waals surface area contributed by atoms with Crippen molar-refractivity contribution in [3.8, 4) is 5.75 Å². The van der Waals surface area contributed by atoms with Gasteiger partial charge in [0.2, 0.25) is 0 Å². The Hall–Kier alpha value is -2.84. The van der Waals surface area contributed by atoms with Crippen LogP contribution in [0.2, 0.25) is 0 Å². The molecule has 0 atom stereocenters. The lowest BCUT2D eigenvalue weighted by molar-refractivity contribution is -0.274. The molecule has 0 unspecified atom stereocenters. The summed E-state index contributed by atoms with van der Waals surface area (Å²) in [5, 5.41) is 2.53. The smallest absolute Gasteiger partial charge is 0.406 e. The summed E-state index contributed by atoms with van der Waals surface area (Å²) >= 11 is 0. The van der Waals surface area contributed by atoms with Gasteiger partial charge in [0.1, 0.15) is 5.75 Å². The molecule has 0 aromatic heterocycles. The number of hydrogen-bond acceptors (Lipinski definition) is 2. The zero-order valence-corrected chi connectivity index (χ0v) is 15.3. The van der Waals surface area contributed by atoms with Crippen LogP contribution in [-0.4, -0.2) is 23.3 Å². The van der Waals surface area contributed by atoms with Crippen LogP contribution in [0.25, 0.3) is 0 Å². The maximum Gasteiger partial charge on any atom is 0.573 e. The summed E-state index contributed by atoms with van der Waals surface area (Å²) in [6.45, 7) is 0.0508. The van der Waals surface area contributed by atoms with Gasteiger partial charge in [-0.25, -0.2) is 13.6 Å². The monoisotopic (exact) mass is 414 g/mol. The van der Waals surface area contributed by atoms with Crippen molar-refractivity contribution < 1.29 is 31.5 Å². The molecule has 0 saturated heterocycles. The first-order valence-corrected chi connectivity index (χ1v) is 9.08. The van der Waals surface area contributed by atoms with Crippen molar-refractivity contribution in [2.24, 2.45) is 0 Å². The molecule has 2 amide bonds. The zero-order chi connectivity index (χ0) is 21.0. The molecule has 4 nitrogen and oxygen atoms in total. The minimum atomic E-state index is -4.81. The van der Waals surface area contributed by atoms with Gasteiger partial charge in [0.15, 0.2) is 11.6 Å². The molecule has 0 aliphatic heterocycles. The van der Waals surface area contributed by atoms with Gasteiger partial charge in [0.25, 0.3) is 0 Å². The van der Waals surface area contributed by atoms with Gasteiger partial charge in [0.05, 0.1) is 0 Å². The van der Waals surface area contributed by atoms with E-state index in [0.29, 0.717) is 5.56 Å². The average molecular weight is 414 g/mol. The number of nitrogens with one attached hydrogen (secondary N) is 1. The van der Waals surface area contributed by atoms with Crippen LogP contribution in [0, 0.1) is 11.6 Å². The van der Waals surface area contributed by atoms with E-state index >= 15 is 0 Å². The highest BCUT2D eigenvalue weighted by Gasteiger charge is 2.31. The Balaban J connectivity index is 1.77. The summed E-state index contributed by atoms with van der Waals surface area (Å²) in [5.41, 5.74) is 0.546. The van der Waals surface area contributed by atoms with Crippen LogP contribution in [0.1, 0.15) is 31.2 Å². The molecule has 1 aliphatic rings. The number of carbonyl (C=O) groups is 1. The summed E-state index contributed by atoms with van der Waals surface area (Å²) in [6.07, 6.45) is -1.45. The fourth-order valence-corrected chi connectivity index (χ4v) is 3.39. The molecule has 156 valence electrons. The number of carbonyl (C=O) groups excluding carboxylic acids is 1. The molecule has 2 aromatic rings. The summed E-state index contributed by atoms with van der Waals surface area (Å²) in [5.74, 6) is -2.49. The number of alkyl halides is 3. The van der Waals surface area contributed by atoms with E-state index in [1.54, 1.807) is 6.07 Å². The Morgan fingerprint density at radius 1 is 1.07 bits per heavy atom. The van der Waals surface area contributed by atoms with Gasteiger partial charge in [-0.2, -0.15) is 0 Å². The van der Waals surface area contributed by atoms with Crippen molar-refractivity contribution in [3.63, 3.8) is 0 Å². The first-order chi connectivity index (χ1) is 13.7. The Morgan fingerprint density at radius 3 is 2.45 bits per heavy atom. The zero-order valence-electron chi connectivity index (χ0n) is 15.3. The number of hydrogen-bond donors (Lipinski definition) is 1. The third-order valence-electron chi connectivity index (χ3n) is 4.68. The topological polar surface area (TPSA) is 41.6 Å². The van der Waals surface area contributed by atoms with Crippen molar-refractivity contribution in [1.82, 2.24) is 4.90 Å². The van der Waals surface area contributed by atoms with Crippen LogP contribution in [0.4, 0.5) is 32.4 Å². The van der Waals surface area contributed by atoms with E-state index in [2.05, 4.69) is 10.1 Å². The molecule has 3 rings (SSSR count). The van der Waals surface area contributed by atoms with Crippen molar-refractivity contribution in [2.75, 3.05) is 5.32 Å². The highest BCUT2D eigenvalue weighted by atomic mass is 19.4. The minimum Gasteiger partial charge on any atom is -0.406 e. The molecule has 0 bridgehead atoms. The summed E-state index contributed by atoms with van der Waals surface area (Å²) in [6, 6.07) is 7.78. The number of halogens is 5. The van der Waals surface area contributed by atoms with E-state index < -0.39 is 24.0 Å². The Kier molecular flexibility index (Phi) is 6.24. The lowest BCUT2D eigenvalue weighted by Gasteiger charge is -2.29. The van der Waals surface area contributed by atoms with Crippen molar-refractivity contribution >= 4 is 11.7 Å². The third kappa shape index (κ3) is 5.82. The number of nitrogens with zero attached hydrogens (tertiary/aromatic N) is 1. The molecular weight excluding hydrogens is 395 g/mol. The molecular formula is C20H19F5N2O2. The normalized spacial score (nSPS) is 14.7. The fraction of sp³-hybridized carbons (Fsp3) is 0.350. The molecule has 9 heteroatoms. The SMILES string of the molecule is O=C(Nc1ccc(F)c(F)c1)N(Cc1cccc(OC(F)(F)F)c1)C1CCCC1. The van der Waals surface area contributed by atoms with Gasteiger partial charge in [0, 0.05) is 24.3 Å². The molecule has 1 saturated carbocycles. The quantitative estimate of drug-likeness (QED) is 0.625. The molecule has 1 aliphatic carbocycles. The third-order valence-corrected chi connectivity index (χ3v) is 4.68. The summed E-state index contributed by atoms with van der Waals surface area (Å²) in [4.78, 5) is 14.3. The number of amides is 2. The van der Waals surface area contributed by atoms with Crippen LogP contribution in [0.15, 0.2) is 42.5 Å². The predicted molar refractivity (Wildman–Crippen MR) is 96.3 cm³/mol. The first-order valence-electron chi connectivity index (χ1n) is 9.08. The van der Waals surface area contributed by atoms with Crippen LogP contribution in [0.5, 0.6) is 5.75 Å². The summed E-state index contributed by atoms with van der Waals surface area (Å²) < 4.78 is 67.8. The van der Waals surface area contributed by atoms with Gasteiger partial charge < -0.3 is 15.0 Å². The maximum atomic E-state index is 13.4. The van der Waals surface area contributed by atoms with Gasteiger partial charge in [-0.05, 0) is 42.7 Å². The summed E-state index contributed by atoms with van der Waals surface area (Å²) in [7, 11) is 0. The number of anilines is 1. The number of benzene rings is 2. The molecule has 2 aromatic carbocycles. The fourth-order valence-electron chi connectivity index (χ4n) is 3.39. The van der Waals surface area contributed by atoms with E-state index in [4.69, 9.17) is 0 Å². The van der Waals surface area contributed by atoms with Gasteiger partial charge in [-0.1, -0.05) is 25.0 Å². The standard InChI is InChI=1S/C20H19F5N2O2/c21-17-9-8-14(11-18(17)22)26-19(28)27(15-5-1-2-6-15)12-13-4-3-7-16(10-13)29-20(23,24)25/h3-4,7-11,15H,1-2,5-6,12H2,(H,26,28). The number of urea groups is 1. The number of rotatable bonds is 5. The van der Waals surface area contributed by atoms with Crippen molar-refractivity contribution in [1.29, 1.82) is 0 Å². The van der Waals surface area contributed by atoms with Crippen LogP contribution in [-0.2, 0) is 6.54 Å². The second-order valence-electron chi connectivity index (χ2n) is 6.82. The maximum absolute atomic E-state index is 13.4. The predicted octanol–water partition coefficient (Wildman–Crippen LogP) is 5.84. The largest absolute Gasteiger partial charge is 0.573 e. The van der Waals surface area contributed by atoms with E-state index in [1.165, 1.54) is 29.2 Å². The Bertz CT molecular complexity index is 866. The molecule has 29 heavy (non-hydrogen) atoms. The Labute approximate surface area is 164 Å².